The van der Waals surface area contributed by atoms with E-state index >= 15 is 0 Å². The topological polar surface area (TPSA) is 170 Å². The number of aromatic nitrogens is 1. The number of rotatable bonds is 11. The van der Waals surface area contributed by atoms with Crippen molar-refractivity contribution in [2.24, 2.45) is 5.73 Å². The van der Waals surface area contributed by atoms with Crippen molar-refractivity contribution in [2.45, 2.75) is 13.0 Å². The molecule has 0 radical (unpaired) electrons. The number of methoxy groups -OCH3 is 1. The summed E-state index contributed by atoms with van der Waals surface area (Å²) >= 11 is 0.690. The molecule has 5 N–H and O–H groups in total. The third-order valence-electron chi connectivity index (χ3n) is 5.65. The molecular formula is C26H30N6O6S. The number of primary amides is 1. The van der Waals surface area contributed by atoms with Gasteiger partial charge in [-0.2, -0.15) is 4.37 Å². The van der Waals surface area contributed by atoms with E-state index in [1.165, 1.54) is 12.0 Å². The highest BCUT2D eigenvalue weighted by Crippen LogP contribution is 2.35. The first-order valence-corrected chi connectivity index (χ1v) is 12.6. The van der Waals surface area contributed by atoms with Gasteiger partial charge in [0.2, 0.25) is 5.91 Å². The molecule has 1 heterocycles. The lowest BCUT2D eigenvalue weighted by Gasteiger charge is -2.31. The number of nitrogens with zero attached hydrogens (tertiary/aromatic N) is 3. The van der Waals surface area contributed by atoms with Crippen LogP contribution < -0.4 is 31.3 Å². The molecule has 0 spiro atoms. The number of amides is 3. The number of carbonyl (C=O) groups is 4. The molecule has 1 aromatic heterocycles. The average molecular weight is 555 g/mol. The standard InChI is InChI=1S/C26H30N6O6S/c1-5-38-19(33)14-29-25(35)22(15-9-11-16(12-10-15)31(2)3)32(17-7-6-8-18(13-17)37-4)26(36)23-20(27)21(24(28)34)30-39-23/h6-13,22H,5,14,27H2,1-4H3,(H2,28,34)(H,29,35)/t22-/m1/s1. The van der Waals surface area contributed by atoms with E-state index < -0.39 is 36.3 Å². The van der Waals surface area contributed by atoms with E-state index in [9.17, 15) is 19.2 Å². The van der Waals surface area contributed by atoms with Crippen molar-refractivity contribution in [2.75, 3.05) is 49.9 Å². The Morgan fingerprint density at radius 3 is 2.33 bits per heavy atom. The minimum Gasteiger partial charge on any atom is -0.497 e. The van der Waals surface area contributed by atoms with Crippen LogP contribution in [0.5, 0.6) is 5.75 Å². The lowest BCUT2D eigenvalue weighted by molar-refractivity contribution is -0.143. The molecule has 0 aliphatic heterocycles. The van der Waals surface area contributed by atoms with E-state index in [1.807, 2.05) is 19.0 Å². The Bertz CT molecular complexity index is 1360. The second-order valence-corrected chi connectivity index (χ2v) is 9.20. The maximum atomic E-state index is 14.1. The molecule has 0 unspecified atom stereocenters. The van der Waals surface area contributed by atoms with Gasteiger partial charge in [0.25, 0.3) is 11.8 Å². The first-order chi connectivity index (χ1) is 18.6. The zero-order chi connectivity index (χ0) is 28.7. The summed E-state index contributed by atoms with van der Waals surface area (Å²) in [6.45, 7) is 1.39. The van der Waals surface area contributed by atoms with E-state index in [1.54, 1.807) is 55.5 Å². The fourth-order valence-electron chi connectivity index (χ4n) is 3.72. The highest BCUT2D eigenvalue weighted by molar-refractivity contribution is 7.09. The van der Waals surface area contributed by atoms with Crippen LogP contribution in [-0.4, -0.2) is 62.4 Å². The predicted molar refractivity (Wildman–Crippen MR) is 148 cm³/mol. The number of nitrogen functional groups attached to an aromatic ring is 1. The number of benzene rings is 2. The van der Waals surface area contributed by atoms with E-state index in [-0.39, 0.29) is 22.9 Å². The Morgan fingerprint density at radius 2 is 1.77 bits per heavy atom. The molecule has 39 heavy (non-hydrogen) atoms. The first kappa shape index (κ1) is 28.9. The average Bonchev–Trinajstić information content (AvgIpc) is 3.31. The van der Waals surface area contributed by atoms with Crippen LogP contribution in [0.2, 0.25) is 0 Å². The summed E-state index contributed by atoms with van der Waals surface area (Å²) < 4.78 is 14.2. The van der Waals surface area contributed by atoms with Gasteiger partial charge in [-0.25, -0.2) is 0 Å². The third-order valence-corrected chi connectivity index (χ3v) is 6.50. The van der Waals surface area contributed by atoms with Crippen LogP contribution in [0, 0.1) is 0 Å². The summed E-state index contributed by atoms with van der Waals surface area (Å²) in [5, 5.41) is 2.56. The Labute approximate surface area is 229 Å². The van der Waals surface area contributed by atoms with E-state index in [4.69, 9.17) is 20.9 Å². The first-order valence-electron chi connectivity index (χ1n) is 11.8. The number of hydrogen-bond donors (Lipinski definition) is 3. The van der Waals surface area contributed by atoms with Crippen LogP contribution >= 0.6 is 11.5 Å². The zero-order valence-corrected chi connectivity index (χ0v) is 22.8. The summed E-state index contributed by atoms with van der Waals surface area (Å²) in [4.78, 5) is 54.6. The van der Waals surface area contributed by atoms with E-state index in [2.05, 4.69) is 9.69 Å². The molecule has 2 aromatic carbocycles. The second kappa shape index (κ2) is 12.7. The number of nitrogens with two attached hydrogens (primary N) is 2. The number of esters is 1. The lowest BCUT2D eigenvalue weighted by atomic mass is 10.0. The van der Waals surface area contributed by atoms with Crippen LogP contribution in [0.25, 0.3) is 0 Å². The van der Waals surface area contributed by atoms with Crippen molar-refractivity contribution in [3.63, 3.8) is 0 Å². The molecular weight excluding hydrogens is 524 g/mol. The van der Waals surface area contributed by atoms with Gasteiger partial charge in [0, 0.05) is 31.5 Å². The van der Waals surface area contributed by atoms with Gasteiger partial charge in [0.15, 0.2) is 5.69 Å². The molecule has 0 fully saturated rings. The molecule has 13 heteroatoms. The monoisotopic (exact) mass is 554 g/mol. The van der Waals surface area contributed by atoms with Crippen LogP contribution in [0.3, 0.4) is 0 Å². The molecule has 206 valence electrons. The fraction of sp³-hybridized carbons (Fsp3) is 0.269. The van der Waals surface area contributed by atoms with Gasteiger partial charge in [-0.05, 0) is 48.3 Å². The molecule has 3 amide bonds. The highest BCUT2D eigenvalue weighted by Gasteiger charge is 2.36. The van der Waals surface area contributed by atoms with Crippen molar-refractivity contribution in [3.05, 3.63) is 64.7 Å². The Hall–Kier alpha value is -4.65. The summed E-state index contributed by atoms with van der Waals surface area (Å²) in [5.74, 6) is -2.47. The smallest absolute Gasteiger partial charge is 0.325 e. The SMILES string of the molecule is CCOC(=O)CNC(=O)[C@@H](c1ccc(N(C)C)cc1)N(C(=O)c1snc(C(N)=O)c1N)c1cccc(OC)c1. The molecule has 1 atom stereocenters. The molecule has 0 aliphatic rings. The molecule has 0 bridgehead atoms. The summed E-state index contributed by atoms with van der Waals surface area (Å²) in [7, 11) is 5.20. The molecule has 12 nitrogen and oxygen atoms in total. The van der Waals surface area contributed by atoms with Crippen LogP contribution in [0.1, 0.15) is 38.7 Å². The van der Waals surface area contributed by atoms with Crippen molar-refractivity contribution in [1.29, 1.82) is 0 Å². The van der Waals surface area contributed by atoms with Crippen molar-refractivity contribution < 1.29 is 28.7 Å². The van der Waals surface area contributed by atoms with Crippen LogP contribution in [0.4, 0.5) is 17.1 Å². The summed E-state index contributed by atoms with van der Waals surface area (Å²) in [6.07, 6.45) is 0. The van der Waals surface area contributed by atoms with Gasteiger partial charge in [-0.3, -0.25) is 24.1 Å². The molecule has 0 saturated carbocycles. The maximum Gasteiger partial charge on any atom is 0.325 e. The Balaban J connectivity index is 2.19. The number of ether oxygens (including phenoxy) is 2. The van der Waals surface area contributed by atoms with Gasteiger partial charge >= 0.3 is 5.97 Å². The van der Waals surface area contributed by atoms with Gasteiger partial charge in [0.05, 0.1) is 19.4 Å². The van der Waals surface area contributed by atoms with Crippen molar-refractivity contribution in [1.82, 2.24) is 9.69 Å². The summed E-state index contributed by atoms with van der Waals surface area (Å²) in [6, 6.07) is 12.3. The second-order valence-electron chi connectivity index (χ2n) is 8.43. The van der Waals surface area contributed by atoms with E-state index in [0.29, 0.717) is 28.5 Å². The highest BCUT2D eigenvalue weighted by atomic mass is 32.1. The molecule has 0 saturated heterocycles. The zero-order valence-electron chi connectivity index (χ0n) is 22.0. The minimum atomic E-state index is -1.27. The maximum absolute atomic E-state index is 14.1. The van der Waals surface area contributed by atoms with E-state index in [0.717, 1.165) is 5.69 Å². The quantitative estimate of drug-likeness (QED) is 0.300. The Kier molecular flexibility index (Phi) is 9.44. The van der Waals surface area contributed by atoms with Gasteiger partial charge in [-0.15, -0.1) is 0 Å². The molecule has 3 aromatic rings. The van der Waals surface area contributed by atoms with Gasteiger partial charge in [-0.1, -0.05) is 18.2 Å². The van der Waals surface area contributed by atoms with Crippen LogP contribution in [-0.2, 0) is 14.3 Å². The summed E-state index contributed by atoms with van der Waals surface area (Å²) in [5.41, 5.74) is 12.6. The third kappa shape index (κ3) is 6.62. The number of nitrogens with one attached hydrogen (secondary N) is 1. The van der Waals surface area contributed by atoms with Crippen molar-refractivity contribution in [3.8, 4) is 5.75 Å². The number of carbonyl (C=O) groups excluding carboxylic acids is 4. The van der Waals surface area contributed by atoms with Gasteiger partial charge < -0.3 is 31.2 Å². The number of anilines is 3. The molecule has 3 rings (SSSR count). The van der Waals surface area contributed by atoms with Crippen LogP contribution in [0.15, 0.2) is 48.5 Å². The normalized spacial score (nSPS) is 11.3. The largest absolute Gasteiger partial charge is 0.497 e. The van der Waals surface area contributed by atoms with Gasteiger partial charge in [0.1, 0.15) is 23.2 Å². The predicted octanol–water partition coefficient (Wildman–Crippen LogP) is 1.97. The Morgan fingerprint density at radius 1 is 1.08 bits per heavy atom. The molecule has 0 aliphatic carbocycles. The minimum absolute atomic E-state index is 0.0836. The lowest BCUT2D eigenvalue weighted by Crippen LogP contribution is -2.45. The number of hydrogen-bond acceptors (Lipinski definition) is 10. The fourth-order valence-corrected chi connectivity index (χ4v) is 4.47. The van der Waals surface area contributed by atoms with Crippen molar-refractivity contribution >= 4 is 52.3 Å².